The maximum Gasteiger partial charge on any atom is 0.428 e. The molecule has 0 amide bonds. The first-order valence-electron chi connectivity index (χ1n) is 9.67. The van der Waals surface area contributed by atoms with Crippen LogP contribution >= 0.6 is 0 Å². The highest BCUT2D eigenvalue weighted by Crippen LogP contribution is 2.34. The van der Waals surface area contributed by atoms with E-state index in [0.717, 1.165) is 35.9 Å². The van der Waals surface area contributed by atoms with Gasteiger partial charge in [-0.2, -0.15) is 8.78 Å². The number of allylic oxidation sites excluding steroid dienone is 2. The van der Waals surface area contributed by atoms with Crippen molar-refractivity contribution in [1.29, 1.82) is 0 Å². The molecule has 0 heterocycles. The van der Waals surface area contributed by atoms with Crippen LogP contribution in [0.15, 0.2) is 97.1 Å². The van der Waals surface area contributed by atoms with Crippen molar-refractivity contribution in [3.8, 4) is 16.9 Å². The summed E-state index contributed by atoms with van der Waals surface area (Å²) >= 11 is 0. The van der Waals surface area contributed by atoms with Gasteiger partial charge >= 0.3 is 6.11 Å². The largest absolute Gasteiger partial charge is 0.429 e. The molecule has 0 N–H and O–H groups in total. The van der Waals surface area contributed by atoms with Crippen molar-refractivity contribution in [2.24, 2.45) is 0 Å². The molecule has 0 saturated heterocycles. The third kappa shape index (κ3) is 5.74. The molecule has 0 saturated carbocycles. The molecule has 0 bridgehead atoms. The zero-order chi connectivity index (χ0) is 24.2. The summed E-state index contributed by atoms with van der Waals surface area (Å²) in [4.78, 5) is 0. The van der Waals surface area contributed by atoms with Crippen LogP contribution in [0.4, 0.5) is 26.3 Å². The number of hydrogen-bond acceptors (Lipinski definition) is 1. The molecule has 3 rings (SSSR count). The topological polar surface area (TPSA) is 9.23 Å². The minimum Gasteiger partial charge on any atom is -0.429 e. The third-order valence-corrected chi connectivity index (χ3v) is 4.76. The summed E-state index contributed by atoms with van der Waals surface area (Å²) in [7, 11) is 0. The van der Waals surface area contributed by atoms with E-state index in [2.05, 4.69) is 11.3 Å². The molecule has 0 radical (unpaired) electrons. The van der Waals surface area contributed by atoms with Crippen LogP contribution in [0.5, 0.6) is 5.75 Å². The molecule has 0 aliphatic carbocycles. The molecule has 3 aromatic rings. The zero-order valence-electron chi connectivity index (χ0n) is 17.4. The number of halogens is 6. The van der Waals surface area contributed by atoms with Gasteiger partial charge in [0.25, 0.3) is 0 Å². The molecule has 0 fully saturated rings. The van der Waals surface area contributed by atoms with Gasteiger partial charge in [-0.05, 0) is 54.5 Å². The molecule has 0 unspecified atom stereocenters. The highest BCUT2D eigenvalue weighted by Gasteiger charge is 2.38. The van der Waals surface area contributed by atoms with Crippen molar-refractivity contribution in [3.63, 3.8) is 0 Å². The predicted octanol–water partition coefficient (Wildman–Crippen LogP) is 8.33. The van der Waals surface area contributed by atoms with Gasteiger partial charge in [-0.25, -0.2) is 17.6 Å². The molecule has 0 aromatic heterocycles. The van der Waals surface area contributed by atoms with Crippen LogP contribution in [0.2, 0.25) is 0 Å². The SMILES string of the molecule is C=C(/C(F)=C\C(=C/F)c1ccc(-c2ccc(C)cc2)cc1F)C(F)(F)Oc1ccc(F)cc1. The smallest absolute Gasteiger partial charge is 0.428 e. The Morgan fingerprint density at radius 2 is 1.52 bits per heavy atom. The second-order valence-corrected chi connectivity index (χ2v) is 7.17. The molecule has 0 spiro atoms. The van der Waals surface area contributed by atoms with Gasteiger partial charge in [-0.3, -0.25) is 0 Å². The number of hydrogen-bond donors (Lipinski definition) is 0. The zero-order valence-corrected chi connectivity index (χ0v) is 17.4. The molecular formula is C26H18F6O. The van der Waals surface area contributed by atoms with Crippen LogP contribution in [-0.2, 0) is 0 Å². The summed E-state index contributed by atoms with van der Waals surface area (Å²) in [6, 6.07) is 14.7. The van der Waals surface area contributed by atoms with Crippen molar-refractivity contribution in [1.82, 2.24) is 0 Å². The first-order valence-corrected chi connectivity index (χ1v) is 9.67. The van der Waals surface area contributed by atoms with E-state index in [-0.39, 0.29) is 11.9 Å². The summed E-state index contributed by atoms with van der Waals surface area (Å²) in [6.07, 6.45) is -3.93. The second kappa shape index (κ2) is 9.81. The van der Waals surface area contributed by atoms with Gasteiger partial charge in [0.2, 0.25) is 0 Å². The minimum atomic E-state index is -4.23. The van der Waals surface area contributed by atoms with Gasteiger partial charge in [0.1, 0.15) is 23.2 Å². The lowest BCUT2D eigenvalue weighted by Gasteiger charge is -2.19. The molecule has 1 nitrogen and oxygen atoms in total. The molecule has 33 heavy (non-hydrogen) atoms. The van der Waals surface area contributed by atoms with Gasteiger partial charge in [0.15, 0.2) is 0 Å². The van der Waals surface area contributed by atoms with E-state index in [1.165, 1.54) is 12.1 Å². The van der Waals surface area contributed by atoms with Crippen LogP contribution in [-0.4, -0.2) is 6.11 Å². The van der Waals surface area contributed by atoms with Crippen molar-refractivity contribution in [2.75, 3.05) is 0 Å². The first-order chi connectivity index (χ1) is 15.6. The van der Waals surface area contributed by atoms with Gasteiger partial charge in [0.05, 0.1) is 11.9 Å². The Morgan fingerprint density at radius 3 is 2.09 bits per heavy atom. The fraction of sp³-hybridized carbons (Fsp3) is 0.0769. The Morgan fingerprint density at radius 1 is 0.909 bits per heavy atom. The van der Waals surface area contributed by atoms with Crippen molar-refractivity contribution in [3.05, 3.63) is 120 Å². The van der Waals surface area contributed by atoms with E-state index in [1.807, 2.05) is 19.1 Å². The Balaban J connectivity index is 1.83. The lowest BCUT2D eigenvalue weighted by Crippen LogP contribution is -2.27. The highest BCUT2D eigenvalue weighted by molar-refractivity contribution is 5.77. The lowest BCUT2D eigenvalue weighted by atomic mass is 9.99. The van der Waals surface area contributed by atoms with E-state index < -0.39 is 40.5 Å². The number of ether oxygens (including phenoxy) is 1. The molecule has 0 aliphatic heterocycles. The Bertz CT molecular complexity index is 1210. The van der Waals surface area contributed by atoms with Crippen LogP contribution < -0.4 is 4.74 Å². The highest BCUT2D eigenvalue weighted by atomic mass is 19.3. The predicted molar refractivity (Wildman–Crippen MR) is 116 cm³/mol. The Labute approximate surface area is 187 Å². The molecule has 0 atom stereocenters. The van der Waals surface area contributed by atoms with Crippen molar-refractivity contribution in [2.45, 2.75) is 13.0 Å². The molecule has 0 aliphatic rings. The summed E-state index contributed by atoms with van der Waals surface area (Å²) in [5, 5.41) is 0. The van der Waals surface area contributed by atoms with E-state index in [0.29, 0.717) is 17.2 Å². The number of aryl methyl sites for hydroxylation is 1. The van der Waals surface area contributed by atoms with Gasteiger partial charge in [-0.15, -0.1) is 0 Å². The Kier molecular flexibility index (Phi) is 7.11. The fourth-order valence-electron chi connectivity index (χ4n) is 2.92. The lowest BCUT2D eigenvalue weighted by molar-refractivity contribution is -0.141. The van der Waals surface area contributed by atoms with Crippen LogP contribution in [0.1, 0.15) is 11.1 Å². The monoisotopic (exact) mass is 460 g/mol. The van der Waals surface area contributed by atoms with Gasteiger partial charge < -0.3 is 4.74 Å². The quantitative estimate of drug-likeness (QED) is 0.254. The first kappa shape index (κ1) is 23.9. The summed E-state index contributed by atoms with van der Waals surface area (Å²) in [5.41, 5.74) is -0.132. The maximum atomic E-state index is 14.7. The van der Waals surface area contributed by atoms with Gasteiger partial charge in [-0.1, -0.05) is 48.5 Å². The number of alkyl halides is 2. The van der Waals surface area contributed by atoms with E-state index in [1.54, 1.807) is 12.1 Å². The molecular weight excluding hydrogens is 442 g/mol. The maximum absolute atomic E-state index is 14.7. The number of rotatable bonds is 7. The van der Waals surface area contributed by atoms with Crippen LogP contribution in [0.3, 0.4) is 0 Å². The van der Waals surface area contributed by atoms with Crippen LogP contribution in [0, 0.1) is 18.6 Å². The summed E-state index contributed by atoms with van der Waals surface area (Å²) in [6.45, 7) is 4.87. The number of benzene rings is 3. The average molecular weight is 460 g/mol. The summed E-state index contributed by atoms with van der Waals surface area (Å²) in [5.74, 6) is -3.60. The minimum absolute atomic E-state index is 0.101. The van der Waals surface area contributed by atoms with E-state index in [9.17, 15) is 26.3 Å². The second-order valence-electron chi connectivity index (χ2n) is 7.17. The fourth-order valence-corrected chi connectivity index (χ4v) is 2.92. The van der Waals surface area contributed by atoms with E-state index >= 15 is 0 Å². The third-order valence-electron chi connectivity index (χ3n) is 4.76. The van der Waals surface area contributed by atoms with E-state index in [4.69, 9.17) is 0 Å². The Hall–Kier alpha value is -3.74. The molecule has 3 aromatic carbocycles. The van der Waals surface area contributed by atoms with Crippen LogP contribution in [0.25, 0.3) is 16.7 Å². The molecule has 7 heteroatoms. The normalized spacial score (nSPS) is 12.6. The standard InChI is InChI=1S/C26H18F6O/c1-16-3-5-18(6-4-16)19-7-12-23(25(30)13-19)20(15-27)14-24(29)17(2)26(31,32)33-22-10-8-21(28)9-11-22/h3-15H,2H2,1H3/b20-15+,24-14+. The van der Waals surface area contributed by atoms with Gasteiger partial charge in [0, 0.05) is 11.1 Å². The van der Waals surface area contributed by atoms with Crippen molar-refractivity contribution >= 4 is 5.57 Å². The van der Waals surface area contributed by atoms with Crippen molar-refractivity contribution < 1.29 is 31.1 Å². The molecule has 170 valence electrons. The average Bonchev–Trinajstić information content (AvgIpc) is 2.79. The summed E-state index contributed by atoms with van der Waals surface area (Å²) < 4.78 is 88.5.